The van der Waals surface area contributed by atoms with Crippen LogP contribution in [0.1, 0.15) is 5.56 Å². The molecule has 13 heavy (non-hydrogen) atoms. The van der Waals surface area contributed by atoms with Gasteiger partial charge in [-0.2, -0.15) is 10.9 Å². The van der Waals surface area contributed by atoms with Crippen molar-refractivity contribution < 1.29 is 15.1 Å². The zero-order valence-corrected chi connectivity index (χ0v) is 9.49. The Labute approximate surface area is 90.9 Å². The van der Waals surface area contributed by atoms with Crippen LogP contribution in [0.4, 0.5) is 0 Å². The maximum absolute atomic E-state index is 10.7. The van der Waals surface area contributed by atoms with Gasteiger partial charge < -0.3 is 0 Å². The first-order valence-electron chi connectivity index (χ1n) is 3.37. The van der Waals surface area contributed by atoms with Crippen LogP contribution in [0.25, 0.3) is 0 Å². The molecule has 0 atom stereocenters. The van der Waals surface area contributed by atoms with Crippen LogP contribution in [0.3, 0.4) is 0 Å². The molecule has 6 heteroatoms. The predicted octanol–water partition coefficient (Wildman–Crippen LogP) is 1.81. The minimum Gasteiger partial charge on any atom is -0.243 e. The summed E-state index contributed by atoms with van der Waals surface area (Å²) in [6.07, 6.45) is 0. The van der Waals surface area contributed by atoms with Gasteiger partial charge in [0.05, 0.1) is 6.61 Å². The third kappa shape index (κ3) is 4.03. The number of hydrogen-bond donors (Lipinski definition) is 0. The summed E-state index contributed by atoms with van der Waals surface area (Å²) < 4.78 is 30.0. The van der Waals surface area contributed by atoms with Crippen LogP contribution in [-0.2, 0) is 23.7 Å². The second-order valence-electron chi connectivity index (χ2n) is 2.22. The van der Waals surface area contributed by atoms with E-state index < -0.39 is 10.4 Å². The van der Waals surface area contributed by atoms with Gasteiger partial charge in [-0.1, -0.05) is 30.3 Å². The Balaban J connectivity index is 2.54. The third-order valence-electron chi connectivity index (χ3n) is 1.29. The van der Waals surface area contributed by atoms with Crippen molar-refractivity contribution in [2.24, 2.45) is 0 Å². The van der Waals surface area contributed by atoms with Crippen molar-refractivity contribution >= 4 is 33.4 Å². The number of rotatable bonds is 4. The Hall–Kier alpha value is -0.180. The summed E-state index contributed by atoms with van der Waals surface area (Å²) in [7, 11) is -3.83. The summed E-state index contributed by atoms with van der Waals surface area (Å²) in [6.45, 7) is -0.00776. The van der Waals surface area contributed by atoms with Crippen molar-refractivity contribution in [2.75, 3.05) is 0 Å². The van der Waals surface area contributed by atoms with E-state index in [2.05, 4.69) is 6.70 Å². The topological polar surface area (TPSA) is 52.6 Å². The van der Waals surface area contributed by atoms with Gasteiger partial charge in [-0.25, -0.2) is 4.18 Å². The molecule has 4 nitrogen and oxygen atoms in total. The molecule has 0 N–H and O–H groups in total. The summed E-state index contributed by atoms with van der Waals surface area (Å²) >= 11 is 1.26. The molecule has 0 saturated carbocycles. The molecule has 0 spiro atoms. The van der Waals surface area contributed by atoms with Crippen LogP contribution in [0.5, 0.6) is 0 Å². The molecular formula is C7H7IO4S. The van der Waals surface area contributed by atoms with Crippen molar-refractivity contribution in [1.82, 2.24) is 0 Å². The fraction of sp³-hybridized carbons (Fsp3) is 0.143. The third-order valence-corrected chi connectivity index (χ3v) is 3.17. The van der Waals surface area contributed by atoms with E-state index in [0.29, 0.717) is 0 Å². The van der Waals surface area contributed by atoms with Gasteiger partial charge in [0, 0.05) is 0 Å². The lowest BCUT2D eigenvalue weighted by Crippen LogP contribution is -2.04. The highest BCUT2D eigenvalue weighted by Crippen LogP contribution is 2.07. The van der Waals surface area contributed by atoms with E-state index in [4.69, 9.17) is 0 Å². The van der Waals surface area contributed by atoms with Crippen molar-refractivity contribution in [1.29, 1.82) is 0 Å². The molecule has 0 aliphatic carbocycles. The molecule has 0 amide bonds. The zero-order chi connectivity index (χ0) is 9.73. The quantitative estimate of drug-likeness (QED) is 0.796. The van der Waals surface area contributed by atoms with Gasteiger partial charge in [0.1, 0.15) is 23.0 Å². The smallest absolute Gasteiger partial charge is 0.243 e. The Morgan fingerprint density at radius 2 is 1.85 bits per heavy atom. The van der Waals surface area contributed by atoms with Gasteiger partial charge in [0.15, 0.2) is 0 Å². The molecule has 0 heterocycles. The second kappa shape index (κ2) is 4.89. The van der Waals surface area contributed by atoms with E-state index in [1.165, 1.54) is 23.0 Å². The highest BCUT2D eigenvalue weighted by molar-refractivity contribution is 14.1. The minimum absolute atomic E-state index is 0.00776. The summed E-state index contributed by atoms with van der Waals surface area (Å²) in [5, 5.41) is 0. The standard InChI is InChI=1S/C7H7IO4S/c8-12-13(9,10)11-6-7-4-2-1-3-5-7/h1-5H,6H2. The van der Waals surface area contributed by atoms with Gasteiger partial charge in [0.2, 0.25) is 0 Å². The molecule has 72 valence electrons. The van der Waals surface area contributed by atoms with Crippen molar-refractivity contribution in [3.8, 4) is 0 Å². The van der Waals surface area contributed by atoms with Gasteiger partial charge in [-0.05, 0) is 5.56 Å². The lowest BCUT2D eigenvalue weighted by molar-refractivity contribution is 0.278. The van der Waals surface area contributed by atoms with Crippen LogP contribution < -0.4 is 0 Å². The molecule has 0 unspecified atom stereocenters. The second-order valence-corrected chi connectivity index (χ2v) is 4.48. The Morgan fingerprint density at radius 1 is 1.23 bits per heavy atom. The lowest BCUT2D eigenvalue weighted by atomic mass is 10.2. The molecule has 0 aromatic heterocycles. The van der Waals surface area contributed by atoms with Gasteiger partial charge >= 0.3 is 10.4 Å². The monoisotopic (exact) mass is 314 g/mol. The number of halogens is 1. The first-order chi connectivity index (χ1) is 6.14. The number of benzene rings is 1. The Morgan fingerprint density at radius 3 is 2.38 bits per heavy atom. The molecule has 1 rings (SSSR count). The maximum Gasteiger partial charge on any atom is 0.409 e. The van der Waals surface area contributed by atoms with Crippen LogP contribution in [0, 0.1) is 0 Å². The van der Waals surface area contributed by atoms with Crippen LogP contribution >= 0.6 is 23.0 Å². The summed E-state index contributed by atoms with van der Waals surface area (Å²) in [5.41, 5.74) is 0.777. The molecule has 0 aliphatic heterocycles. The van der Waals surface area contributed by atoms with E-state index >= 15 is 0 Å². The Kier molecular flexibility index (Phi) is 4.10. The molecule has 1 aromatic carbocycles. The average Bonchev–Trinajstić information content (AvgIpc) is 2.17. The van der Waals surface area contributed by atoms with Crippen LogP contribution in [0.2, 0.25) is 0 Å². The highest BCUT2D eigenvalue weighted by Gasteiger charge is 2.09. The molecule has 1 aromatic rings. The summed E-state index contributed by atoms with van der Waals surface area (Å²) in [4.78, 5) is 0. The Bertz CT molecular complexity index is 348. The van der Waals surface area contributed by atoms with Crippen molar-refractivity contribution in [3.63, 3.8) is 0 Å². The molecule has 0 radical (unpaired) electrons. The van der Waals surface area contributed by atoms with E-state index in [0.717, 1.165) is 5.56 Å². The first-order valence-corrected chi connectivity index (χ1v) is 5.59. The minimum atomic E-state index is -3.83. The number of hydrogen-bond acceptors (Lipinski definition) is 4. The van der Waals surface area contributed by atoms with Gasteiger partial charge in [0.25, 0.3) is 0 Å². The fourth-order valence-corrected chi connectivity index (χ4v) is 1.36. The zero-order valence-electron chi connectivity index (χ0n) is 6.51. The predicted molar refractivity (Wildman–Crippen MR) is 55.3 cm³/mol. The van der Waals surface area contributed by atoms with E-state index in [-0.39, 0.29) is 6.61 Å². The van der Waals surface area contributed by atoms with Crippen LogP contribution in [-0.4, -0.2) is 8.42 Å². The van der Waals surface area contributed by atoms with Crippen molar-refractivity contribution in [3.05, 3.63) is 35.9 Å². The molecule has 0 fully saturated rings. The maximum atomic E-state index is 10.7. The largest absolute Gasteiger partial charge is 0.409 e. The molecule has 0 saturated heterocycles. The lowest BCUT2D eigenvalue weighted by Gasteiger charge is -2.00. The van der Waals surface area contributed by atoms with E-state index in [1.54, 1.807) is 24.3 Å². The summed E-state index contributed by atoms with van der Waals surface area (Å²) in [6, 6.07) is 8.98. The molecular weight excluding hydrogens is 307 g/mol. The van der Waals surface area contributed by atoms with E-state index in [9.17, 15) is 8.42 Å². The first kappa shape index (κ1) is 10.9. The van der Waals surface area contributed by atoms with Crippen molar-refractivity contribution in [2.45, 2.75) is 6.61 Å². The summed E-state index contributed by atoms with van der Waals surface area (Å²) in [5.74, 6) is 0. The fourth-order valence-electron chi connectivity index (χ4n) is 0.733. The highest BCUT2D eigenvalue weighted by atomic mass is 127. The molecule has 0 aliphatic rings. The van der Waals surface area contributed by atoms with E-state index in [1.807, 2.05) is 6.07 Å². The van der Waals surface area contributed by atoms with Crippen LogP contribution in [0.15, 0.2) is 30.3 Å². The normalized spacial score (nSPS) is 11.5. The SMILES string of the molecule is O=S(=O)(OI)OCc1ccccc1. The van der Waals surface area contributed by atoms with Gasteiger partial charge in [-0.3, -0.25) is 0 Å². The average molecular weight is 314 g/mol. The van der Waals surface area contributed by atoms with Gasteiger partial charge in [-0.15, -0.1) is 0 Å². The molecule has 0 bridgehead atoms.